The van der Waals surface area contributed by atoms with Crippen molar-refractivity contribution in [1.82, 2.24) is 4.98 Å². The van der Waals surface area contributed by atoms with Gasteiger partial charge in [0.2, 0.25) is 5.91 Å². The minimum atomic E-state index is -0.0295. The lowest BCUT2D eigenvalue weighted by atomic mass is 10.00. The van der Waals surface area contributed by atoms with Gasteiger partial charge < -0.3 is 19.7 Å². The van der Waals surface area contributed by atoms with Gasteiger partial charge in [0.05, 0.1) is 29.9 Å². The van der Waals surface area contributed by atoms with Gasteiger partial charge in [-0.05, 0) is 43.3 Å². The number of thiazole rings is 1. The number of fused-ring (bicyclic) bond motifs is 1. The quantitative estimate of drug-likeness (QED) is 0.702. The molecule has 1 aliphatic rings. The van der Waals surface area contributed by atoms with Crippen molar-refractivity contribution >= 4 is 38.3 Å². The second-order valence-corrected chi connectivity index (χ2v) is 7.39. The van der Waals surface area contributed by atoms with Crippen molar-refractivity contribution in [2.45, 2.75) is 6.92 Å². The van der Waals surface area contributed by atoms with E-state index in [0.717, 1.165) is 32.5 Å². The number of methoxy groups -OCH3 is 1. The number of carbonyl (C=O) groups is 1. The molecule has 0 atom stereocenters. The molecule has 2 aromatic carbocycles. The highest BCUT2D eigenvalue weighted by atomic mass is 32.1. The van der Waals surface area contributed by atoms with Crippen LogP contribution in [0.3, 0.4) is 0 Å². The lowest BCUT2D eigenvalue weighted by Gasteiger charge is -2.37. The number of hydrogen-bond acceptors (Lipinski definition) is 6. The first-order valence-electron chi connectivity index (χ1n) is 8.89. The van der Waals surface area contributed by atoms with Crippen molar-refractivity contribution < 1.29 is 14.3 Å². The summed E-state index contributed by atoms with van der Waals surface area (Å²) < 4.78 is 11.8. The number of anilines is 2. The van der Waals surface area contributed by atoms with E-state index in [-0.39, 0.29) is 11.8 Å². The molecular formula is C20H21N3O3S. The SMILES string of the molecule is CCOc1ccc(NC(=O)C2CN(c3nc4cc(OC)ccc4s3)C2)cc1. The molecule has 0 spiro atoms. The molecule has 1 aliphatic heterocycles. The third kappa shape index (κ3) is 3.68. The van der Waals surface area contributed by atoms with Gasteiger partial charge in [-0.3, -0.25) is 4.79 Å². The third-order valence-corrected chi connectivity index (χ3v) is 5.64. The largest absolute Gasteiger partial charge is 0.497 e. The van der Waals surface area contributed by atoms with Crippen LogP contribution < -0.4 is 19.7 Å². The van der Waals surface area contributed by atoms with Gasteiger partial charge in [0.15, 0.2) is 5.13 Å². The highest BCUT2D eigenvalue weighted by Gasteiger charge is 2.34. The molecule has 1 fully saturated rings. The Morgan fingerprint density at radius 2 is 1.96 bits per heavy atom. The van der Waals surface area contributed by atoms with Crippen LogP contribution in [-0.4, -0.2) is 37.7 Å². The summed E-state index contributed by atoms with van der Waals surface area (Å²) in [6.45, 7) is 3.93. The molecule has 6 nitrogen and oxygen atoms in total. The Morgan fingerprint density at radius 3 is 2.67 bits per heavy atom. The average molecular weight is 383 g/mol. The van der Waals surface area contributed by atoms with Crippen molar-refractivity contribution in [3.8, 4) is 11.5 Å². The molecule has 1 aromatic heterocycles. The van der Waals surface area contributed by atoms with Crippen molar-refractivity contribution in [1.29, 1.82) is 0 Å². The summed E-state index contributed by atoms with van der Waals surface area (Å²) >= 11 is 1.64. The van der Waals surface area contributed by atoms with E-state index in [1.807, 2.05) is 49.4 Å². The Labute approximate surface area is 161 Å². The third-order valence-electron chi connectivity index (χ3n) is 4.54. The molecule has 27 heavy (non-hydrogen) atoms. The van der Waals surface area contributed by atoms with Crippen LogP contribution in [0.2, 0.25) is 0 Å². The standard InChI is InChI=1S/C20H21N3O3S/c1-3-26-15-6-4-14(5-7-15)21-19(24)13-11-23(12-13)20-22-17-10-16(25-2)8-9-18(17)27-20/h4-10,13H,3,11-12H2,1-2H3,(H,21,24). The van der Waals surface area contributed by atoms with Crippen LogP contribution in [0.15, 0.2) is 42.5 Å². The van der Waals surface area contributed by atoms with Gasteiger partial charge in [-0.1, -0.05) is 11.3 Å². The van der Waals surface area contributed by atoms with Crippen LogP contribution in [0.5, 0.6) is 11.5 Å². The second-order valence-electron chi connectivity index (χ2n) is 6.38. The summed E-state index contributed by atoms with van der Waals surface area (Å²) in [6, 6.07) is 13.3. The van der Waals surface area contributed by atoms with Crippen LogP contribution in [-0.2, 0) is 4.79 Å². The Balaban J connectivity index is 1.35. The van der Waals surface area contributed by atoms with E-state index < -0.39 is 0 Å². The molecule has 140 valence electrons. The summed E-state index contributed by atoms with van der Waals surface area (Å²) in [6.07, 6.45) is 0. The van der Waals surface area contributed by atoms with Crippen LogP contribution in [0.4, 0.5) is 10.8 Å². The fraction of sp³-hybridized carbons (Fsp3) is 0.300. The minimum Gasteiger partial charge on any atom is -0.497 e. The van der Waals surface area contributed by atoms with Gasteiger partial charge in [-0.15, -0.1) is 0 Å². The first-order chi connectivity index (χ1) is 13.2. The molecule has 2 heterocycles. The van der Waals surface area contributed by atoms with E-state index in [1.54, 1.807) is 18.4 Å². The van der Waals surface area contributed by atoms with E-state index in [0.29, 0.717) is 19.7 Å². The van der Waals surface area contributed by atoms with E-state index in [2.05, 4.69) is 15.2 Å². The van der Waals surface area contributed by atoms with E-state index in [1.165, 1.54) is 0 Å². The molecule has 0 radical (unpaired) electrons. The molecule has 7 heteroatoms. The lowest BCUT2D eigenvalue weighted by Crippen LogP contribution is -2.52. The zero-order chi connectivity index (χ0) is 18.8. The van der Waals surface area contributed by atoms with Crippen molar-refractivity contribution in [3.63, 3.8) is 0 Å². The Hall–Kier alpha value is -2.80. The highest BCUT2D eigenvalue weighted by molar-refractivity contribution is 7.22. The van der Waals surface area contributed by atoms with Crippen molar-refractivity contribution in [3.05, 3.63) is 42.5 Å². The molecule has 1 saturated heterocycles. The van der Waals surface area contributed by atoms with Crippen LogP contribution in [0.1, 0.15) is 6.92 Å². The summed E-state index contributed by atoms with van der Waals surface area (Å²) in [5.41, 5.74) is 1.71. The molecule has 0 aliphatic carbocycles. The minimum absolute atomic E-state index is 0.0295. The maximum Gasteiger partial charge on any atom is 0.231 e. The van der Waals surface area contributed by atoms with Gasteiger partial charge in [0.25, 0.3) is 0 Å². The van der Waals surface area contributed by atoms with E-state index in [4.69, 9.17) is 9.47 Å². The highest BCUT2D eigenvalue weighted by Crippen LogP contribution is 2.34. The van der Waals surface area contributed by atoms with Gasteiger partial charge in [-0.25, -0.2) is 4.98 Å². The smallest absolute Gasteiger partial charge is 0.231 e. The zero-order valence-electron chi connectivity index (χ0n) is 15.3. The Kier molecular flexibility index (Phi) is 4.85. The molecule has 0 bridgehead atoms. The Morgan fingerprint density at radius 1 is 1.22 bits per heavy atom. The normalized spacial score (nSPS) is 14.1. The summed E-state index contributed by atoms with van der Waals surface area (Å²) in [5.74, 6) is 1.62. The fourth-order valence-corrected chi connectivity index (χ4v) is 3.97. The maximum absolute atomic E-state index is 12.4. The van der Waals surface area contributed by atoms with Crippen molar-refractivity contribution in [2.24, 2.45) is 5.92 Å². The predicted octanol–water partition coefficient (Wildman–Crippen LogP) is 3.78. The number of hydrogen-bond donors (Lipinski definition) is 1. The van der Waals surface area contributed by atoms with Crippen LogP contribution >= 0.6 is 11.3 Å². The first kappa shape index (κ1) is 17.6. The van der Waals surface area contributed by atoms with Crippen LogP contribution in [0, 0.1) is 5.92 Å². The number of amides is 1. The summed E-state index contributed by atoms with van der Waals surface area (Å²) in [5, 5.41) is 3.92. The first-order valence-corrected chi connectivity index (χ1v) is 9.71. The number of aromatic nitrogens is 1. The molecule has 1 N–H and O–H groups in total. The molecule has 1 amide bonds. The van der Waals surface area contributed by atoms with Gasteiger partial charge >= 0.3 is 0 Å². The molecule has 0 saturated carbocycles. The monoisotopic (exact) mass is 383 g/mol. The molecule has 0 unspecified atom stereocenters. The zero-order valence-corrected chi connectivity index (χ0v) is 16.1. The number of nitrogens with one attached hydrogen (secondary N) is 1. The molecule has 4 rings (SSSR count). The number of nitrogens with zero attached hydrogens (tertiary/aromatic N) is 2. The topological polar surface area (TPSA) is 63.7 Å². The average Bonchev–Trinajstić information content (AvgIpc) is 3.04. The molecule has 3 aromatic rings. The lowest BCUT2D eigenvalue weighted by molar-refractivity contribution is -0.120. The molecular weight excluding hydrogens is 362 g/mol. The van der Waals surface area contributed by atoms with Gasteiger partial charge in [-0.2, -0.15) is 0 Å². The number of ether oxygens (including phenoxy) is 2. The van der Waals surface area contributed by atoms with Gasteiger partial charge in [0.1, 0.15) is 11.5 Å². The number of carbonyl (C=O) groups excluding carboxylic acids is 1. The fourth-order valence-electron chi connectivity index (χ4n) is 3.00. The number of benzene rings is 2. The second kappa shape index (κ2) is 7.44. The summed E-state index contributed by atoms with van der Waals surface area (Å²) in [7, 11) is 1.65. The summed E-state index contributed by atoms with van der Waals surface area (Å²) in [4.78, 5) is 19.2. The predicted molar refractivity (Wildman–Crippen MR) is 108 cm³/mol. The van der Waals surface area contributed by atoms with E-state index >= 15 is 0 Å². The van der Waals surface area contributed by atoms with Crippen LogP contribution in [0.25, 0.3) is 10.2 Å². The van der Waals surface area contributed by atoms with Gasteiger partial charge in [0, 0.05) is 24.8 Å². The number of rotatable bonds is 6. The van der Waals surface area contributed by atoms with E-state index in [9.17, 15) is 4.79 Å². The maximum atomic E-state index is 12.4. The Bertz CT molecular complexity index is 949. The van der Waals surface area contributed by atoms with Crippen molar-refractivity contribution in [2.75, 3.05) is 37.0 Å².